The number of allylic oxidation sites excluding steroid dienone is 4. The van der Waals surface area contributed by atoms with Gasteiger partial charge in [-0.15, -0.1) is 0 Å². The fourth-order valence-corrected chi connectivity index (χ4v) is 3.47. The molecule has 0 radical (unpaired) electrons. The lowest BCUT2D eigenvalue weighted by Crippen LogP contribution is -2.32. The number of ether oxygens (including phenoxy) is 1. The van der Waals surface area contributed by atoms with Crippen molar-refractivity contribution in [2.75, 3.05) is 25.1 Å². The van der Waals surface area contributed by atoms with Gasteiger partial charge in [-0.3, -0.25) is 4.99 Å². The maximum Gasteiger partial charge on any atom is 0.150 e. The van der Waals surface area contributed by atoms with Crippen molar-refractivity contribution in [2.24, 2.45) is 10.4 Å². The molecular formula is C24H28FN5O. The van der Waals surface area contributed by atoms with Gasteiger partial charge in [-0.1, -0.05) is 30.9 Å². The van der Waals surface area contributed by atoms with Gasteiger partial charge in [-0.05, 0) is 38.3 Å². The highest BCUT2D eigenvalue weighted by atomic mass is 19.1. The van der Waals surface area contributed by atoms with Gasteiger partial charge in [0.25, 0.3) is 0 Å². The minimum Gasteiger partial charge on any atom is -0.381 e. The molecule has 0 atom stereocenters. The molecule has 31 heavy (non-hydrogen) atoms. The Morgan fingerprint density at radius 2 is 2.23 bits per heavy atom. The van der Waals surface area contributed by atoms with E-state index in [4.69, 9.17) is 4.74 Å². The number of hydrogen-bond acceptors (Lipinski definition) is 5. The van der Waals surface area contributed by atoms with Gasteiger partial charge in [0, 0.05) is 36.6 Å². The smallest absolute Gasteiger partial charge is 0.150 e. The van der Waals surface area contributed by atoms with Gasteiger partial charge >= 0.3 is 0 Å². The van der Waals surface area contributed by atoms with Crippen LogP contribution in [0.25, 0.3) is 5.70 Å². The summed E-state index contributed by atoms with van der Waals surface area (Å²) >= 11 is 0. The maximum atomic E-state index is 14.6. The molecule has 7 heteroatoms. The monoisotopic (exact) mass is 421 g/mol. The van der Waals surface area contributed by atoms with Crippen LogP contribution in [0, 0.1) is 22.6 Å². The number of nitrogens with one attached hydrogen (secondary N) is 2. The average molecular weight is 422 g/mol. The molecule has 1 aromatic heterocycles. The molecular weight excluding hydrogens is 393 g/mol. The van der Waals surface area contributed by atoms with E-state index >= 15 is 0 Å². The minimum atomic E-state index is -0.536. The first kappa shape index (κ1) is 22.4. The highest BCUT2D eigenvalue weighted by Gasteiger charge is 2.32. The summed E-state index contributed by atoms with van der Waals surface area (Å²) in [7, 11) is 0. The van der Waals surface area contributed by atoms with Crippen LogP contribution in [0.3, 0.4) is 0 Å². The van der Waals surface area contributed by atoms with Crippen LogP contribution in [-0.4, -0.2) is 30.6 Å². The third kappa shape index (κ3) is 5.89. The highest BCUT2D eigenvalue weighted by Crippen LogP contribution is 2.30. The third-order valence-corrected chi connectivity index (χ3v) is 5.42. The van der Waals surface area contributed by atoms with Crippen molar-refractivity contribution < 1.29 is 9.13 Å². The van der Waals surface area contributed by atoms with Crippen molar-refractivity contribution in [1.82, 2.24) is 10.3 Å². The first-order valence-electron chi connectivity index (χ1n) is 10.5. The number of aliphatic imine (C=N–C) groups is 1. The largest absolute Gasteiger partial charge is 0.381 e. The molecule has 1 aromatic rings. The van der Waals surface area contributed by atoms with Crippen molar-refractivity contribution >= 4 is 17.4 Å². The van der Waals surface area contributed by atoms with Crippen LogP contribution >= 0.6 is 0 Å². The molecule has 0 aromatic carbocycles. The van der Waals surface area contributed by atoms with E-state index in [1.807, 2.05) is 6.92 Å². The van der Waals surface area contributed by atoms with E-state index in [0.717, 1.165) is 18.5 Å². The van der Waals surface area contributed by atoms with Gasteiger partial charge in [-0.2, -0.15) is 5.26 Å². The van der Waals surface area contributed by atoms with Gasteiger partial charge in [0.1, 0.15) is 11.7 Å². The number of halogens is 1. The second-order valence-corrected chi connectivity index (χ2v) is 7.55. The minimum absolute atomic E-state index is 0.339. The first-order chi connectivity index (χ1) is 15.1. The Bertz CT molecular complexity index is 965. The summed E-state index contributed by atoms with van der Waals surface area (Å²) in [6.07, 6.45) is 13.8. The number of hydrogen-bond donors (Lipinski definition) is 2. The zero-order valence-corrected chi connectivity index (χ0v) is 17.8. The number of aromatic nitrogens is 1. The van der Waals surface area contributed by atoms with Crippen LogP contribution in [0.2, 0.25) is 0 Å². The van der Waals surface area contributed by atoms with Crippen molar-refractivity contribution in [3.8, 4) is 6.07 Å². The van der Waals surface area contributed by atoms with Gasteiger partial charge in [0.05, 0.1) is 24.2 Å². The molecule has 1 aliphatic heterocycles. The van der Waals surface area contributed by atoms with Crippen LogP contribution in [0.4, 0.5) is 10.2 Å². The number of nitriles is 1. The molecule has 2 heterocycles. The molecule has 2 aliphatic rings. The molecule has 0 saturated carbocycles. The van der Waals surface area contributed by atoms with E-state index in [1.165, 1.54) is 6.20 Å². The summed E-state index contributed by atoms with van der Waals surface area (Å²) in [5, 5.41) is 16.0. The first-order valence-corrected chi connectivity index (χ1v) is 10.5. The molecule has 0 amide bonds. The molecule has 1 aliphatic carbocycles. The molecule has 1 fully saturated rings. The molecule has 6 nitrogen and oxygen atoms in total. The Morgan fingerprint density at radius 3 is 2.87 bits per heavy atom. The lowest BCUT2D eigenvalue weighted by Gasteiger charge is -2.29. The normalized spacial score (nSPS) is 18.7. The molecule has 0 spiro atoms. The van der Waals surface area contributed by atoms with Crippen LogP contribution in [0.15, 0.2) is 59.9 Å². The van der Waals surface area contributed by atoms with E-state index in [0.29, 0.717) is 55.5 Å². The quantitative estimate of drug-likeness (QED) is 0.378. The second kappa shape index (κ2) is 10.7. The number of nitrogens with zero attached hydrogens (tertiary/aromatic N) is 3. The lowest BCUT2D eigenvalue weighted by molar-refractivity contribution is 0.0442. The standard InChI is InChI=1S/C24H28FN5O/c1-3-21(30-22(4-2)28-17-24(16-26)10-12-31-13-11-24)19-14-23(27-15-20(19)25)29-18-8-6-5-7-9-18/h3-6,9,14-15H,2,7-8,10-13,17H2,1H3,(H,27,29)(H,28,30)/b21-3-. The molecule has 3 rings (SSSR count). The van der Waals surface area contributed by atoms with Crippen molar-refractivity contribution in [1.29, 1.82) is 5.26 Å². The summed E-state index contributed by atoms with van der Waals surface area (Å²) < 4.78 is 20.0. The van der Waals surface area contributed by atoms with E-state index in [2.05, 4.69) is 51.5 Å². The summed E-state index contributed by atoms with van der Waals surface area (Å²) in [6, 6.07) is 4.07. The molecule has 0 bridgehead atoms. The van der Waals surface area contributed by atoms with Crippen molar-refractivity contribution in [2.45, 2.75) is 32.6 Å². The second-order valence-electron chi connectivity index (χ2n) is 7.55. The van der Waals surface area contributed by atoms with E-state index < -0.39 is 11.2 Å². The summed E-state index contributed by atoms with van der Waals surface area (Å²) in [5.41, 5.74) is 1.43. The molecule has 162 valence electrons. The van der Waals surface area contributed by atoms with Crippen LogP contribution in [-0.2, 0) is 4.74 Å². The number of rotatable bonds is 7. The third-order valence-electron chi connectivity index (χ3n) is 5.42. The van der Waals surface area contributed by atoms with E-state index in [1.54, 1.807) is 18.2 Å². The highest BCUT2D eigenvalue weighted by molar-refractivity contribution is 5.98. The van der Waals surface area contributed by atoms with E-state index in [-0.39, 0.29) is 0 Å². The number of anilines is 1. The van der Waals surface area contributed by atoms with Crippen molar-refractivity contribution in [3.63, 3.8) is 0 Å². The Labute approximate surface area is 182 Å². The Hall–Kier alpha value is -3.24. The van der Waals surface area contributed by atoms with E-state index in [9.17, 15) is 9.65 Å². The fraction of sp³-hybridized carbons (Fsp3) is 0.375. The van der Waals surface area contributed by atoms with Crippen LogP contribution < -0.4 is 10.6 Å². The van der Waals surface area contributed by atoms with Crippen LogP contribution in [0.5, 0.6) is 0 Å². The zero-order valence-electron chi connectivity index (χ0n) is 17.8. The van der Waals surface area contributed by atoms with Gasteiger partial charge in [-0.25, -0.2) is 9.37 Å². The van der Waals surface area contributed by atoms with Gasteiger partial charge in [0.2, 0.25) is 0 Å². The summed E-state index contributed by atoms with van der Waals surface area (Å²) in [4.78, 5) is 8.73. The Kier molecular flexibility index (Phi) is 7.74. The predicted octanol–water partition coefficient (Wildman–Crippen LogP) is 4.72. The van der Waals surface area contributed by atoms with Crippen molar-refractivity contribution in [3.05, 3.63) is 66.3 Å². The average Bonchev–Trinajstić information content (AvgIpc) is 2.82. The summed E-state index contributed by atoms with van der Waals surface area (Å²) in [5.74, 6) is 0.618. The fourth-order valence-electron chi connectivity index (χ4n) is 3.47. The van der Waals surface area contributed by atoms with Crippen LogP contribution in [0.1, 0.15) is 38.2 Å². The maximum absolute atomic E-state index is 14.6. The molecule has 2 N–H and O–H groups in total. The SMILES string of the molecule is C=CC(=NCC1(C#N)CCOCC1)N/C(=C\C)c1cc(NC2=CCC=CC2)ncc1F. The number of pyridine rings is 1. The zero-order chi connectivity index (χ0) is 22.1. The topological polar surface area (TPSA) is 82.3 Å². The lowest BCUT2D eigenvalue weighted by atomic mass is 9.82. The van der Waals surface area contributed by atoms with Gasteiger partial charge < -0.3 is 15.4 Å². The molecule has 1 saturated heterocycles. The van der Waals surface area contributed by atoms with Gasteiger partial charge in [0.15, 0.2) is 5.82 Å². The summed E-state index contributed by atoms with van der Waals surface area (Å²) in [6.45, 7) is 7.09. The Balaban J connectivity index is 1.76. The number of amidine groups is 1. The predicted molar refractivity (Wildman–Crippen MR) is 122 cm³/mol. The Morgan fingerprint density at radius 1 is 1.42 bits per heavy atom. The molecule has 0 unspecified atom stereocenters.